The van der Waals surface area contributed by atoms with Crippen LogP contribution in [-0.2, 0) is 4.79 Å². The Morgan fingerprint density at radius 1 is 1.42 bits per heavy atom. The lowest BCUT2D eigenvalue weighted by atomic mass is 10.0. The minimum Gasteiger partial charge on any atom is -0.477 e. The van der Waals surface area contributed by atoms with E-state index in [0.717, 1.165) is 11.8 Å². The fourth-order valence-corrected chi connectivity index (χ4v) is 2.09. The van der Waals surface area contributed by atoms with Crippen LogP contribution >= 0.6 is 11.8 Å². The Morgan fingerprint density at radius 2 is 2.05 bits per heavy atom. The molecule has 1 rings (SSSR count). The van der Waals surface area contributed by atoms with E-state index in [-0.39, 0.29) is 16.6 Å². The highest BCUT2D eigenvalue weighted by Crippen LogP contribution is 2.21. The second-order valence-corrected chi connectivity index (χ2v) is 5.25. The second kappa shape index (κ2) is 6.65. The quantitative estimate of drug-likeness (QED) is 0.733. The van der Waals surface area contributed by atoms with Crippen molar-refractivity contribution in [3.05, 3.63) is 29.1 Å². The van der Waals surface area contributed by atoms with Crippen LogP contribution in [0.25, 0.3) is 0 Å². The molecule has 0 bridgehead atoms. The van der Waals surface area contributed by atoms with Gasteiger partial charge in [-0.25, -0.2) is 9.78 Å². The molecular weight excluding hydrogens is 270 g/mol. The molecule has 7 heteroatoms. The summed E-state index contributed by atoms with van der Waals surface area (Å²) in [5.74, 6) is -1.08. The number of aromatic carboxylic acids is 1. The summed E-state index contributed by atoms with van der Waals surface area (Å²) < 4.78 is 0. The van der Waals surface area contributed by atoms with Gasteiger partial charge >= 0.3 is 5.97 Å². The number of hydrogen-bond donors (Lipinski definition) is 3. The molecule has 0 radical (unpaired) electrons. The summed E-state index contributed by atoms with van der Waals surface area (Å²) in [5.41, 5.74) is 0.623. The molecule has 0 aliphatic carbocycles. The molecule has 2 atom stereocenters. The van der Waals surface area contributed by atoms with E-state index in [1.54, 1.807) is 6.92 Å². The number of carbonyl (C=O) groups excluding carboxylic acids is 1. The number of hydrogen-bond acceptors (Lipinski definition) is 6. The summed E-state index contributed by atoms with van der Waals surface area (Å²) in [6, 6.07) is 1.46. The summed E-state index contributed by atoms with van der Waals surface area (Å²) in [6.07, 6.45) is -1.12. The van der Waals surface area contributed by atoms with Crippen LogP contribution in [0.4, 0.5) is 0 Å². The lowest BCUT2D eigenvalue weighted by Crippen LogP contribution is -2.22. The Hall–Kier alpha value is -1.44. The molecule has 0 saturated carbocycles. The highest BCUT2D eigenvalue weighted by atomic mass is 32.2. The van der Waals surface area contributed by atoms with Gasteiger partial charge in [0.05, 0.1) is 6.10 Å². The Bertz CT molecular complexity index is 491. The maximum Gasteiger partial charge on any atom is 0.354 e. The van der Waals surface area contributed by atoms with Crippen molar-refractivity contribution in [3.8, 4) is 0 Å². The first-order chi connectivity index (χ1) is 8.82. The van der Waals surface area contributed by atoms with E-state index in [9.17, 15) is 19.8 Å². The number of nitrogens with zero attached hydrogens (tertiary/aromatic N) is 1. The van der Waals surface area contributed by atoms with Gasteiger partial charge in [-0.15, -0.1) is 0 Å². The fraction of sp³-hybridized carbons (Fsp3) is 0.417. The molecule has 1 aromatic heterocycles. The third-order valence-electron chi connectivity index (χ3n) is 2.47. The minimum absolute atomic E-state index is 0.0657. The molecule has 0 saturated heterocycles. The number of aliphatic hydroxyl groups excluding tert-OH is 2. The first-order valence-corrected chi connectivity index (χ1v) is 6.50. The van der Waals surface area contributed by atoms with Gasteiger partial charge in [-0.1, -0.05) is 11.8 Å². The van der Waals surface area contributed by atoms with Gasteiger partial charge in [0.15, 0.2) is 10.8 Å². The van der Waals surface area contributed by atoms with Gasteiger partial charge in [0.1, 0.15) is 6.10 Å². The van der Waals surface area contributed by atoms with E-state index in [2.05, 4.69) is 4.98 Å². The monoisotopic (exact) mass is 285 g/mol. The summed E-state index contributed by atoms with van der Waals surface area (Å²) >= 11 is 0.911. The molecule has 3 N–H and O–H groups in total. The lowest BCUT2D eigenvalue weighted by Gasteiger charge is -2.17. The molecule has 0 amide bonds. The van der Waals surface area contributed by atoms with E-state index in [1.165, 1.54) is 19.2 Å². The average Bonchev–Trinajstić information content (AvgIpc) is 2.34. The molecule has 1 aromatic rings. The van der Waals surface area contributed by atoms with Crippen LogP contribution in [-0.4, -0.2) is 43.2 Å². The number of aliphatic hydroxyl groups is 2. The van der Waals surface area contributed by atoms with Gasteiger partial charge in [0.25, 0.3) is 0 Å². The van der Waals surface area contributed by atoms with Gasteiger partial charge < -0.3 is 15.3 Å². The SMILES string of the molecule is CC(=O)SCC(O)C(O)c1cnc(C(=O)O)c(C)c1. The molecule has 6 nitrogen and oxygen atoms in total. The molecule has 1 heterocycles. The maximum absolute atomic E-state index is 10.8. The van der Waals surface area contributed by atoms with Crippen molar-refractivity contribution in [3.63, 3.8) is 0 Å². The smallest absolute Gasteiger partial charge is 0.354 e. The fourth-order valence-electron chi connectivity index (χ4n) is 1.50. The van der Waals surface area contributed by atoms with Crippen LogP contribution in [0.2, 0.25) is 0 Å². The van der Waals surface area contributed by atoms with Gasteiger partial charge in [0.2, 0.25) is 0 Å². The molecule has 19 heavy (non-hydrogen) atoms. The van der Waals surface area contributed by atoms with Gasteiger partial charge in [-0.2, -0.15) is 0 Å². The van der Waals surface area contributed by atoms with Crippen LogP contribution < -0.4 is 0 Å². The largest absolute Gasteiger partial charge is 0.477 e. The third-order valence-corrected chi connectivity index (χ3v) is 3.38. The predicted octanol–water partition coefficient (Wildman–Crippen LogP) is 0.762. The van der Waals surface area contributed by atoms with E-state index in [0.29, 0.717) is 11.1 Å². The average molecular weight is 285 g/mol. The molecule has 0 spiro atoms. The third kappa shape index (κ3) is 4.30. The van der Waals surface area contributed by atoms with Crippen molar-refractivity contribution < 1.29 is 24.9 Å². The molecular formula is C12H15NO5S. The van der Waals surface area contributed by atoms with Gasteiger partial charge in [0, 0.05) is 24.4 Å². The zero-order valence-corrected chi connectivity index (χ0v) is 11.3. The number of carboxylic acid groups (broad SMARTS) is 1. The van der Waals surface area contributed by atoms with E-state index < -0.39 is 18.2 Å². The number of rotatable bonds is 5. The van der Waals surface area contributed by atoms with Crippen molar-refractivity contribution in [1.82, 2.24) is 4.98 Å². The van der Waals surface area contributed by atoms with Crippen molar-refractivity contribution >= 4 is 22.8 Å². The van der Waals surface area contributed by atoms with Crippen LogP contribution in [0.3, 0.4) is 0 Å². The Kier molecular flexibility index (Phi) is 5.46. The summed E-state index contributed by atoms with van der Waals surface area (Å²) in [4.78, 5) is 25.3. The highest BCUT2D eigenvalue weighted by molar-refractivity contribution is 8.13. The van der Waals surface area contributed by atoms with Gasteiger partial charge in [-0.3, -0.25) is 4.79 Å². The Labute approximate surface area is 114 Å². The number of aromatic nitrogens is 1. The van der Waals surface area contributed by atoms with E-state index in [1.807, 2.05) is 0 Å². The Balaban J connectivity index is 2.82. The lowest BCUT2D eigenvalue weighted by molar-refractivity contribution is -0.109. The number of carbonyl (C=O) groups is 2. The van der Waals surface area contributed by atoms with Crippen molar-refractivity contribution in [2.75, 3.05) is 5.75 Å². The zero-order chi connectivity index (χ0) is 14.6. The van der Waals surface area contributed by atoms with Crippen molar-refractivity contribution in [1.29, 1.82) is 0 Å². The summed E-state index contributed by atoms with van der Waals surface area (Å²) in [5, 5.41) is 28.3. The summed E-state index contributed by atoms with van der Waals surface area (Å²) in [7, 11) is 0. The standard InChI is InChI=1S/C12H15NO5S/c1-6-3-8(4-13-10(6)12(17)18)11(16)9(15)5-19-7(2)14/h3-4,9,11,15-16H,5H2,1-2H3,(H,17,18). The molecule has 2 unspecified atom stereocenters. The molecule has 0 aliphatic heterocycles. The molecule has 0 fully saturated rings. The normalized spacial score (nSPS) is 13.9. The molecule has 104 valence electrons. The van der Waals surface area contributed by atoms with E-state index >= 15 is 0 Å². The first kappa shape index (κ1) is 15.6. The van der Waals surface area contributed by atoms with Crippen molar-refractivity contribution in [2.24, 2.45) is 0 Å². The van der Waals surface area contributed by atoms with Crippen molar-refractivity contribution in [2.45, 2.75) is 26.1 Å². The Morgan fingerprint density at radius 3 is 2.53 bits per heavy atom. The zero-order valence-electron chi connectivity index (χ0n) is 10.5. The topological polar surface area (TPSA) is 108 Å². The minimum atomic E-state index is -1.21. The molecule has 0 aromatic carbocycles. The number of pyridine rings is 1. The van der Waals surface area contributed by atoms with Crippen LogP contribution in [0, 0.1) is 6.92 Å². The van der Waals surface area contributed by atoms with Gasteiger partial charge in [-0.05, 0) is 18.6 Å². The number of aryl methyl sites for hydroxylation is 1. The predicted molar refractivity (Wildman–Crippen MR) is 70.0 cm³/mol. The van der Waals surface area contributed by atoms with Crippen LogP contribution in [0.1, 0.15) is 34.6 Å². The van der Waals surface area contributed by atoms with Crippen LogP contribution in [0.15, 0.2) is 12.3 Å². The summed E-state index contributed by atoms with van der Waals surface area (Å²) in [6.45, 7) is 2.93. The van der Waals surface area contributed by atoms with E-state index in [4.69, 9.17) is 5.11 Å². The number of thioether (sulfide) groups is 1. The second-order valence-electron chi connectivity index (χ2n) is 4.05. The molecule has 0 aliphatic rings. The first-order valence-electron chi connectivity index (χ1n) is 5.52. The van der Waals surface area contributed by atoms with Crippen LogP contribution in [0.5, 0.6) is 0 Å². The number of carboxylic acids is 1. The highest BCUT2D eigenvalue weighted by Gasteiger charge is 2.21. The maximum atomic E-state index is 10.8.